The van der Waals surface area contributed by atoms with Crippen LogP contribution in [0.4, 0.5) is 5.69 Å². The Kier molecular flexibility index (Phi) is 3.45. The maximum absolute atomic E-state index is 5.99. The van der Waals surface area contributed by atoms with E-state index >= 15 is 0 Å². The highest BCUT2D eigenvalue weighted by molar-refractivity contribution is 5.90. The van der Waals surface area contributed by atoms with Crippen LogP contribution in [-0.2, 0) is 4.74 Å². The summed E-state index contributed by atoms with van der Waals surface area (Å²) in [7, 11) is 0. The molecule has 3 heterocycles. The number of fused-ring (bicyclic) bond motifs is 2. The highest BCUT2D eigenvalue weighted by atomic mass is 16.5. The molecule has 110 valence electrons. The summed E-state index contributed by atoms with van der Waals surface area (Å²) >= 11 is 0. The lowest BCUT2D eigenvalue weighted by molar-refractivity contribution is -0.0415. The first-order chi connectivity index (χ1) is 10.4. The molecule has 0 aliphatic carbocycles. The monoisotopic (exact) mass is 284 g/mol. The molecule has 2 unspecified atom stereocenters. The van der Waals surface area contributed by atoms with Crippen LogP contribution in [0.3, 0.4) is 0 Å². The Morgan fingerprint density at radius 1 is 1.33 bits per heavy atom. The number of benzene rings is 1. The van der Waals surface area contributed by atoms with Crippen LogP contribution in [0.15, 0.2) is 30.5 Å². The summed E-state index contributed by atoms with van der Waals surface area (Å²) in [6.07, 6.45) is 4.65. The fourth-order valence-corrected chi connectivity index (χ4v) is 3.38. The largest absolute Gasteiger partial charge is 0.381 e. The molecule has 4 rings (SSSR count). The molecule has 2 aliphatic rings. The van der Waals surface area contributed by atoms with Crippen LogP contribution in [0.25, 0.3) is 10.9 Å². The number of nitrogens with one attached hydrogen (secondary N) is 1. The number of hydrogen-bond donors (Lipinski definition) is 1. The predicted octanol–water partition coefficient (Wildman–Crippen LogP) is 1.90. The third-order valence-corrected chi connectivity index (χ3v) is 4.53. The van der Waals surface area contributed by atoms with E-state index in [9.17, 15) is 0 Å². The summed E-state index contributed by atoms with van der Waals surface area (Å²) in [5.41, 5.74) is 1.96. The molecule has 0 bridgehead atoms. The first kappa shape index (κ1) is 13.0. The second-order valence-corrected chi connectivity index (χ2v) is 5.90. The molecule has 0 saturated carbocycles. The average molecular weight is 284 g/mol. The van der Waals surface area contributed by atoms with Gasteiger partial charge in [-0.25, -0.2) is 0 Å². The number of hydrogen-bond acceptors (Lipinski definition) is 5. The quantitative estimate of drug-likeness (QED) is 0.933. The van der Waals surface area contributed by atoms with Crippen molar-refractivity contribution in [1.29, 1.82) is 0 Å². The first-order valence-corrected chi connectivity index (χ1v) is 7.70. The van der Waals surface area contributed by atoms with E-state index < -0.39 is 0 Å². The third kappa shape index (κ3) is 2.59. The van der Waals surface area contributed by atoms with Crippen LogP contribution in [-0.4, -0.2) is 53.5 Å². The van der Waals surface area contributed by atoms with Gasteiger partial charge in [0.1, 0.15) is 0 Å². The minimum atomic E-state index is 0.256. The number of nitrogens with zero attached hydrogens (tertiary/aromatic N) is 3. The lowest BCUT2D eigenvalue weighted by Gasteiger charge is -2.35. The van der Waals surface area contributed by atoms with E-state index in [0.717, 1.165) is 36.3 Å². The van der Waals surface area contributed by atoms with Gasteiger partial charge in [-0.15, -0.1) is 0 Å². The predicted molar refractivity (Wildman–Crippen MR) is 82.4 cm³/mol. The number of aromatic nitrogens is 2. The molecule has 5 heteroatoms. The van der Waals surface area contributed by atoms with Crippen LogP contribution in [0.1, 0.15) is 12.8 Å². The number of anilines is 1. The van der Waals surface area contributed by atoms with Crippen molar-refractivity contribution in [3.8, 4) is 0 Å². The second-order valence-electron chi connectivity index (χ2n) is 5.90. The maximum atomic E-state index is 5.99. The molecule has 0 spiro atoms. The zero-order chi connectivity index (χ0) is 14.1. The van der Waals surface area contributed by atoms with E-state index in [1.54, 1.807) is 6.20 Å². The Hall–Kier alpha value is -1.72. The summed E-state index contributed by atoms with van der Waals surface area (Å²) in [6, 6.07) is 8.73. The van der Waals surface area contributed by atoms with Gasteiger partial charge in [-0.2, -0.15) is 10.2 Å². The van der Waals surface area contributed by atoms with Gasteiger partial charge in [0.25, 0.3) is 0 Å². The van der Waals surface area contributed by atoms with Gasteiger partial charge < -0.3 is 10.1 Å². The van der Waals surface area contributed by atoms with Gasteiger partial charge in [-0.3, -0.25) is 4.90 Å². The Labute approximate surface area is 124 Å². The van der Waals surface area contributed by atoms with Crippen LogP contribution in [0, 0.1) is 0 Å². The SMILES string of the molecule is c1ccc2c(NCC3CN4CCCC4CO3)cnnc2c1. The highest BCUT2D eigenvalue weighted by Crippen LogP contribution is 2.24. The number of ether oxygens (including phenoxy) is 1. The summed E-state index contributed by atoms with van der Waals surface area (Å²) in [5.74, 6) is 0. The van der Waals surface area contributed by atoms with E-state index in [4.69, 9.17) is 4.74 Å². The summed E-state index contributed by atoms with van der Waals surface area (Å²) in [6.45, 7) is 3.96. The molecule has 21 heavy (non-hydrogen) atoms. The minimum absolute atomic E-state index is 0.256. The molecule has 1 N–H and O–H groups in total. The standard InChI is InChI=1S/C16H20N4O/c1-2-6-15-14(5-1)16(9-18-19-15)17-8-13-10-20-7-3-4-12(20)11-21-13/h1-2,5-6,9,12-13H,3-4,7-8,10-11H2,(H,17,19). The van der Waals surface area contributed by atoms with Crippen molar-refractivity contribution < 1.29 is 4.74 Å². The summed E-state index contributed by atoms with van der Waals surface area (Å²) < 4.78 is 5.99. The molecule has 5 nitrogen and oxygen atoms in total. The first-order valence-electron chi connectivity index (χ1n) is 7.70. The lowest BCUT2D eigenvalue weighted by Crippen LogP contribution is -2.48. The molecular formula is C16H20N4O. The average Bonchev–Trinajstić information content (AvgIpc) is 3.00. The second kappa shape index (κ2) is 5.58. The molecule has 2 fully saturated rings. The topological polar surface area (TPSA) is 50.3 Å². The Morgan fingerprint density at radius 3 is 3.29 bits per heavy atom. The van der Waals surface area contributed by atoms with Crippen LogP contribution < -0.4 is 5.32 Å². The summed E-state index contributed by atoms with van der Waals surface area (Å²) in [5, 5.41) is 12.8. The minimum Gasteiger partial charge on any atom is -0.381 e. The van der Waals surface area contributed by atoms with E-state index in [1.165, 1.54) is 19.4 Å². The van der Waals surface area contributed by atoms with E-state index in [2.05, 4.69) is 26.5 Å². The zero-order valence-corrected chi connectivity index (χ0v) is 12.0. The molecule has 0 radical (unpaired) electrons. The third-order valence-electron chi connectivity index (χ3n) is 4.53. The fourth-order valence-electron chi connectivity index (χ4n) is 3.38. The molecule has 2 atom stereocenters. The van der Waals surface area contributed by atoms with Crippen molar-refractivity contribution in [1.82, 2.24) is 15.1 Å². The van der Waals surface area contributed by atoms with Gasteiger partial charge in [0, 0.05) is 24.5 Å². The van der Waals surface area contributed by atoms with Crippen molar-refractivity contribution in [3.63, 3.8) is 0 Å². The number of morpholine rings is 1. The highest BCUT2D eigenvalue weighted by Gasteiger charge is 2.31. The molecule has 1 aromatic heterocycles. The van der Waals surface area contributed by atoms with Gasteiger partial charge in [-0.1, -0.05) is 18.2 Å². The van der Waals surface area contributed by atoms with Gasteiger partial charge in [-0.05, 0) is 25.5 Å². The van der Waals surface area contributed by atoms with Crippen molar-refractivity contribution in [2.24, 2.45) is 0 Å². The Morgan fingerprint density at radius 2 is 2.29 bits per heavy atom. The van der Waals surface area contributed by atoms with Crippen LogP contribution >= 0.6 is 0 Å². The molecule has 2 aromatic rings. The van der Waals surface area contributed by atoms with E-state index in [1.807, 2.05) is 18.2 Å². The normalized spacial score (nSPS) is 25.9. The molecular weight excluding hydrogens is 264 g/mol. The van der Waals surface area contributed by atoms with Crippen LogP contribution in [0.5, 0.6) is 0 Å². The molecule has 2 aliphatic heterocycles. The maximum Gasteiger partial charge on any atom is 0.0950 e. The van der Waals surface area contributed by atoms with Crippen LogP contribution in [0.2, 0.25) is 0 Å². The lowest BCUT2D eigenvalue weighted by atomic mass is 10.1. The van der Waals surface area contributed by atoms with Crippen molar-refractivity contribution in [2.45, 2.75) is 25.0 Å². The van der Waals surface area contributed by atoms with Gasteiger partial charge in [0.2, 0.25) is 0 Å². The number of rotatable bonds is 3. The van der Waals surface area contributed by atoms with Gasteiger partial charge in [0.05, 0.1) is 30.1 Å². The molecule has 0 amide bonds. The molecule has 2 saturated heterocycles. The Bertz CT molecular complexity index is 627. The zero-order valence-electron chi connectivity index (χ0n) is 12.0. The Balaban J connectivity index is 1.44. The van der Waals surface area contributed by atoms with Gasteiger partial charge >= 0.3 is 0 Å². The van der Waals surface area contributed by atoms with E-state index in [-0.39, 0.29) is 6.10 Å². The van der Waals surface area contributed by atoms with Gasteiger partial charge in [0.15, 0.2) is 0 Å². The van der Waals surface area contributed by atoms with E-state index in [0.29, 0.717) is 6.04 Å². The fraction of sp³-hybridized carbons (Fsp3) is 0.500. The van der Waals surface area contributed by atoms with Crippen molar-refractivity contribution >= 4 is 16.6 Å². The summed E-state index contributed by atoms with van der Waals surface area (Å²) in [4.78, 5) is 2.57. The smallest absolute Gasteiger partial charge is 0.0950 e. The molecule has 1 aromatic carbocycles. The van der Waals surface area contributed by atoms with Crippen molar-refractivity contribution in [3.05, 3.63) is 30.5 Å². The van der Waals surface area contributed by atoms with Crippen molar-refractivity contribution in [2.75, 3.05) is 31.6 Å².